The Kier molecular flexibility index (Phi) is 2.54. The first-order valence-electron chi connectivity index (χ1n) is 4.59. The Hall–Kier alpha value is -0.530. The van der Waals surface area contributed by atoms with E-state index in [1.165, 1.54) is 0 Å². The normalized spacial score (nSPS) is 24.8. The zero-order valence-electron chi connectivity index (χ0n) is 7.76. The van der Waals surface area contributed by atoms with Gasteiger partial charge in [0.25, 0.3) is 0 Å². The van der Waals surface area contributed by atoms with Crippen LogP contribution in [-0.2, 0) is 0 Å². The van der Waals surface area contributed by atoms with Crippen molar-refractivity contribution < 1.29 is 4.79 Å². The summed E-state index contributed by atoms with van der Waals surface area (Å²) in [5, 5.41) is 0.942. The average Bonchev–Trinajstić information content (AvgIpc) is 2.86. The Morgan fingerprint density at radius 1 is 1.36 bits per heavy atom. The number of ketones is 1. The molecule has 0 spiro atoms. The zero-order chi connectivity index (χ0) is 10.3. The second-order valence-corrected chi connectivity index (χ2v) is 4.63. The van der Waals surface area contributed by atoms with Crippen LogP contribution >= 0.6 is 23.2 Å². The second kappa shape index (κ2) is 3.56. The Bertz CT molecular complexity index is 387. The quantitative estimate of drug-likeness (QED) is 0.704. The summed E-state index contributed by atoms with van der Waals surface area (Å²) in [5.74, 6) is 0.917. The molecule has 0 heterocycles. The van der Waals surface area contributed by atoms with Gasteiger partial charge in [-0.3, -0.25) is 4.79 Å². The van der Waals surface area contributed by atoms with Gasteiger partial charge in [0, 0.05) is 11.5 Å². The van der Waals surface area contributed by atoms with Crippen LogP contribution in [0.15, 0.2) is 18.2 Å². The molecule has 1 aromatic carbocycles. The van der Waals surface area contributed by atoms with Gasteiger partial charge in [0.05, 0.1) is 10.0 Å². The fourth-order valence-electron chi connectivity index (χ4n) is 1.55. The van der Waals surface area contributed by atoms with E-state index in [0.717, 1.165) is 6.42 Å². The highest BCUT2D eigenvalue weighted by molar-refractivity contribution is 6.42. The molecule has 0 bridgehead atoms. The molecule has 3 heteroatoms. The molecule has 0 saturated heterocycles. The third-order valence-corrected chi connectivity index (χ3v) is 3.39. The third-order valence-electron chi connectivity index (χ3n) is 2.65. The Labute approximate surface area is 93.0 Å². The van der Waals surface area contributed by atoms with Gasteiger partial charge in [0.1, 0.15) is 0 Å². The maximum atomic E-state index is 11.8. The molecular formula is C11H10Cl2O. The van der Waals surface area contributed by atoms with Gasteiger partial charge in [-0.2, -0.15) is 0 Å². The monoisotopic (exact) mass is 228 g/mol. The van der Waals surface area contributed by atoms with Crippen LogP contribution in [0, 0.1) is 11.8 Å². The number of carbonyl (C=O) groups excluding carboxylic acids is 1. The Morgan fingerprint density at radius 2 is 2.00 bits per heavy atom. The highest BCUT2D eigenvalue weighted by Gasteiger charge is 2.39. The minimum atomic E-state index is 0.191. The van der Waals surface area contributed by atoms with Crippen LogP contribution in [0.3, 0.4) is 0 Å². The van der Waals surface area contributed by atoms with Crippen LogP contribution in [0.5, 0.6) is 0 Å². The van der Waals surface area contributed by atoms with Crippen molar-refractivity contribution in [1.29, 1.82) is 0 Å². The molecule has 0 N–H and O–H groups in total. The lowest BCUT2D eigenvalue weighted by Gasteiger charge is -2.01. The van der Waals surface area contributed by atoms with E-state index in [-0.39, 0.29) is 11.7 Å². The summed E-state index contributed by atoms with van der Waals surface area (Å²) in [7, 11) is 0. The number of benzene rings is 1. The molecule has 0 radical (unpaired) electrons. The minimum Gasteiger partial charge on any atom is -0.294 e. The van der Waals surface area contributed by atoms with Gasteiger partial charge in [-0.15, -0.1) is 0 Å². The molecule has 1 nitrogen and oxygen atoms in total. The maximum absolute atomic E-state index is 11.8. The van der Waals surface area contributed by atoms with Gasteiger partial charge in [-0.05, 0) is 30.5 Å². The van der Waals surface area contributed by atoms with Crippen molar-refractivity contribution in [3.8, 4) is 0 Å². The van der Waals surface area contributed by atoms with E-state index in [1.54, 1.807) is 18.2 Å². The SMILES string of the molecule is C[C@H]1C[C@@H]1C(=O)c1ccc(Cl)c(Cl)c1. The summed E-state index contributed by atoms with van der Waals surface area (Å²) in [4.78, 5) is 11.8. The molecule has 1 saturated carbocycles. The van der Waals surface area contributed by atoms with Crippen molar-refractivity contribution in [2.24, 2.45) is 11.8 Å². The summed E-state index contributed by atoms with van der Waals surface area (Å²) < 4.78 is 0. The number of rotatable bonds is 2. The summed E-state index contributed by atoms with van der Waals surface area (Å²) in [6.07, 6.45) is 0.999. The lowest BCUT2D eigenvalue weighted by Crippen LogP contribution is -2.02. The summed E-state index contributed by atoms with van der Waals surface area (Å²) >= 11 is 11.6. The van der Waals surface area contributed by atoms with Crippen molar-refractivity contribution in [3.63, 3.8) is 0 Å². The number of hydrogen-bond donors (Lipinski definition) is 0. The van der Waals surface area contributed by atoms with E-state index < -0.39 is 0 Å². The molecule has 0 amide bonds. The molecule has 2 atom stereocenters. The maximum Gasteiger partial charge on any atom is 0.166 e. The highest BCUT2D eigenvalue weighted by atomic mass is 35.5. The average molecular weight is 229 g/mol. The van der Waals surface area contributed by atoms with Gasteiger partial charge in [0.2, 0.25) is 0 Å². The minimum absolute atomic E-state index is 0.191. The van der Waals surface area contributed by atoms with E-state index in [9.17, 15) is 4.79 Å². The van der Waals surface area contributed by atoms with Crippen LogP contribution in [0.2, 0.25) is 10.0 Å². The van der Waals surface area contributed by atoms with Crippen molar-refractivity contribution >= 4 is 29.0 Å². The van der Waals surface area contributed by atoms with Crippen LogP contribution in [-0.4, -0.2) is 5.78 Å². The van der Waals surface area contributed by atoms with E-state index >= 15 is 0 Å². The zero-order valence-corrected chi connectivity index (χ0v) is 9.27. The molecule has 0 aromatic heterocycles. The predicted octanol–water partition coefficient (Wildman–Crippen LogP) is 3.83. The largest absolute Gasteiger partial charge is 0.294 e. The molecule has 1 aliphatic carbocycles. The molecular weight excluding hydrogens is 219 g/mol. The van der Waals surface area contributed by atoms with Gasteiger partial charge < -0.3 is 0 Å². The smallest absolute Gasteiger partial charge is 0.166 e. The van der Waals surface area contributed by atoms with Crippen LogP contribution < -0.4 is 0 Å². The molecule has 0 aliphatic heterocycles. The van der Waals surface area contributed by atoms with Crippen molar-refractivity contribution in [2.45, 2.75) is 13.3 Å². The van der Waals surface area contributed by atoms with Gasteiger partial charge in [-0.1, -0.05) is 30.1 Å². The first-order chi connectivity index (χ1) is 6.59. The van der Waals surface area contributed by atoms with Gasteiger partial charge in [-0.25, -0.2) is 0 Å². The van der Waals surface area contributed by atoms with Crippen molar-refractivity contribution in [1.82, 2.24) is 0 Å². The van der Waals surface area contributed by atoms with Crippen molar-refractivity contribution in [3.05, 3.63) is 33.8 Å². The molecule has 14 heavy (non-hydrogen) atoms. The fraction of sp³-hybridized carbons (Fsp3) is 0.364. The summed E-state index contributed by atoms with van der Waals surface area (Å²) in [5.41, 5.74) is 0.675. The third kappa shape index (κ3) is 1.79. The number of hydrogen-bond acceptors (Lipinski definition) is 1. The molecule has 1 fully saturated rings. The van der Waals surface area contributed by atoms with Gasteiger partial charge >= 0.3 is 0 Å². The number of halogens is 2. The Balaban J connectivity index is 2.24. The van der Waals surface area contributed by atoms with E-state index in [1.807, 2.05) is 0 Å². The molecule has 74 valence electrons. The van der Waals surface area contributed by atoms with Crippen LogP contribution in [0.25, 0.3) is 0 Å². The number of carbonyl (C=O) groups is 1. The highest BCUT2D eigenvalue weighted by Crippen LogP contribution is 2.40. The summed E-state index contributed by atoms with van der Waals surface area (Å²) in [6, 6.07) is 5.06. The van der Waals surface area contributed by atoms with Crippen molar-refractivity contribution in [2.75, 3.05) is 0 Å². The summed E-state index contributed by atoms with van der Waals surface area (Å²) in [6.45, 7) is 2.08. The first-order valence-corrected chi connectivity index (χ1v) is 5.34. The second-order valence-electron chi connectivity index (χ2n) is 3.81. The fourth-order valence-corrected chi connectivity index (χ4v) is 1.85. The molecule has 2 rings (SSSR count). The topological polar surface area (TPSA) is 17.1 Å². The molecule has 1 aromatic rings. The first kappa shape index (κ1) is 10.0. The predicted molar refractivity (Wildman–Crippen MR) is 58.1 cm³/mol. The lowest BCUT2D eigenvalue weighted by atomic mass is 10.1. The molecule has 0 unspecified atom stereocenters. The van der Waals surface area contributed by atoms with Crippen LogP contribution in [0.1, 0.15) is 23.7 Å². The van der Waals surface area contributed by atoms with E-state index in [4.69, 9.17) is 23.2 Å². The molecule has 1 aliphatic rings. The Morgan fingerprint density at radius 3 is 2.50 bits per heavy atom. The van der Waals surface area contributed by atoms with E-state index in [2.05, 4.69) is 6.92 Å². The lowest BCUT2D eigenvalue weighted by molar-refractivity contribution is 0.0962. The standard InChI is InChI=1S/C11H10Cl2O/c1-6-4-8(6)11(14)7-2-3-9(12)10(13)5-7/h2-3,5-6,8H,4H2,1H3/t6-,8-/m0/s1. The number of Topliss-reactive ketones (excluding diaryl/α,β-unsaturated/α-hetero) is 1. The van der Waals surface area contributed by atoms with E-state index in [0.29, 0.717) is 21.5 Å². The van der Waals surface area contributed by atoms with Crippen LogP contribution in [0.4, 0.5) is 0 Å². The van der Waals surface area contributed by atoms with Gasteiger partial charge in [0.15, 0.2) is 5.78 Å².